The van der Waals surface area contributed by atoms with Crippen LogP contribution in [0.1, 0.15) is 33.3 Å². The number of benzene rings is 1. The normalized spacial score (nSPS) is 10.9. The first-order valence-electron chi connectivity index (χ1n) is 9.01. The van der Waals surface area contributed by atoms with E-state index in [0.29, 0.717) is 25.1 Å². The number of halogens is 1. The maximum atomic E-state index is 5.82. The quantitative estimate of drug-likeness (QED) is 0.331. The predicted octanol–water partition coefficient (Wildman–Crippen LogP) is 4.35. The third-order valence-corrected chi connectivity index (χ3v) is 3.35. The molecule has 0 fully saturated rings. The van der Waals surface area contributed by atoms with E-state index in [1.807, 2.05) is 50.2 Å². The van der Waals surface area contributed by atoms with Crippen molar-refractivity contribution in [1.29, 1.82) is 0 Å². The van der Waals surface area contributed by atoms with Crippen molar-refractivity contribution in [2.45, 2.75) is 40.3 Å². The molecule has 2 N–H and O–H groups in total. The summed E-state index contributed by atoms with van der Waals surface area (Å²) in [4.78, 5) is 8.87. The van der Waals surface area contributed by atoms with Crippen LogP contribution in [0, 0.1) is 0 Å². The standard InChI is InChI=1S/C20H28N4O2.HI/c1-5-21-20(24-15(3)4)23-14-16-11-12-22-19(13-16)26-18-9-7-17(8-10-18)25-6-2;/h7-13,15H,5-6,14H2,1-4H3,(H2,21,23,24);1H. The van der Waals surface area contributed by atoms with E-state index < -0.39 is 0 Å². The van der Waals surface area contributed by atoms with Crippen LogP contribution in [0.4, 0.5) is 0 Å². The Hall–Kier alpha value is -2.03. The lowest BCUT2D eigenvalue weighted by molar-refractivity contribution is 0.339. The highest BCUT2D eigenvalue weighted by atomic mass is 127. The molecular formula is C20H29IN4O2. The first kappa shape index (κ1) is 23.0. The van der Waals surface area contributed by atoms with Gasteiger partial charge in [-0.25, -0.2) is 9.98 Å². The Labute approximate surface area is 178 Å². The summed E-state index contributed by atoms with van der Waals surface area (Å²) in [6.45, 7) is 10.2. The number of hydrogen-bond donors (Lipinski definition) is 2. The minimum absolute atomic E-state index is 0. The van der Waals surface area contributed by atoms with Gasteiger partial charge in [0.25, 0.3) is 0 Å². The fourth-order valence-corrected chi connectivity index (χ4v) is 2.26. The molecule has 0 amide bonds. The second kappa shape index (κ2) is 12.4. The zero-order valence-electron chi connectivity index (χ0n) is 16.4. The fourth-order valence-electron chi connectivity index (χ4n) is 2.26. The van der Waals surface area contributed by atoms with Crippen LogP contribution in [0.2, 0.25) is 0 Å². The van der Waals surface area contributed by atoms with E-state index in [-0.39, 0.29) is 24.0 Å². The Morgan fingerprint density at radius 1 is 1.11 bits per heavy atom. The molecule has 1 aromatic carbocycles. The van der Waals surface area contributed by atoms with E-state index in [1.54, 1.807) is 6.20 Å². The van der Waals surface area contributed by atoms with Crippen LogP contribution in [-0.2, 0) is 6.54 Å². The number of nitrogens with zero attached hydrogens (tertiary/aromatic N) is 2. The van der Waals surface area contributed by atoms with Crippen molar-refractivity contribution in [3.05, 3.63) is 48.2 Å². The lowest BCUT2D eigenvalue weighted by Crippen LogP contribution is -2.40. The highest BCUT2D eigenvalue weighted by Crippen LogP contribution is 2.23. The summed E-state index contributed by atoms with van der Waals surface area (Å²) >= 11 is 0. The molecule has 0 unspecified atom stereocenters. The molecule has 1 aromatic heterocycles. The summed E-state index contributed by atoms with van der Waals surface area (Å²) in [5, 5.41) is 6.54. The molecule has 0 aliphatic rings. The number of rotatable bonds is 8. The number of aliphatic imine (C=N–C) groups is 1. The second-order valence-electron chi connectivity index (χ2n) is 6.00. The summed E-state index contributed by atoms with van der Waals surface area (Å²) in [7, 11) is 0. The molecule has 0 saturated heterocycles. The fraction of sp³-hybridized carbons (Fsp3) is 0.400. The van der Waals surface area contributed by atoms with E-state index in [1.165, 1.54) is 0 Å². The van der Waals surface area contributed by atoms with Gasteiger partial charge in [0.15, 0.2) is 5.96 Å². The van der Waals surface area contributed by atoms with Crippen LogP contribution in [0.3, 0.4) is 0 Å². The van der Waals surface area contributed by atoms with Crippen LogP contribution >= 0.6 is 24.0 Å². The summed E-state index contributed by atoms with van der Waals surface area (Å²) in [6.07, 6.45) is 1.73. The molecule has 0 atom stereocenters. The molecule has 7 heteroatoms. The largest absolute Gasteiger partial charge is 0.494 e. The first-order valence-corrected chi connectivity index (χ1v) is 9.01. The van der Waals surface area contributed by atoms with E-state index >= 15 is 0 Å². The molecule has 0 spiro atoms. The molecular weight excluding hydrogens is 455 g/mol. The summed E-state index contributed by atoms with van der Waals surface area (Å²) in [6, 6.07) is 11.7. The summed E-state index contributed by atoms with van der Waals surface area (Å²) in [5.41, 5.74) is 1.03. The van der Waals surface area contributed by atoms with Gasteiger partial charge in [-0.1, -0.05) is 0 Å². The van der Waals surface area contributed by atoms with Crippen LogP contribution in [-0.4, -0.2) is 30.1 Å². The summed E-state index contributed by atoms with van der Waals surface area (Å²) in [5.74, 6) is 2.89. The van der Waals surface area contributed by atoms with Crippen molar-refractivity contribution >= 4 is 29.9 Å². The number of guanidine groups is 1. The molecule has 148 valence electrons. The number of aromatic nitrogens is 1. The molecule has 27 heavy (non-hydrogen) atoms. The van der Waals surface area contributed by atoms with Crippen LogP contribution in [0.15, 0.2) is 47.6 Å². The molecule has 1 heterocycles. The smallest absolute Gasteiger partial charge is 0.219 e. The molecule has 2 aromatic rings. The van der Waals surface area contributed by atoms with E-state index in [0.717, 1.165) is 29.6 Å². The third-order valence-electron chi connectivity index (χ3n) is 3.35. The van der Waals surface area contributed by atoms with Crippen LogP contribution < -0.4 is 20.1 Å². The Bertz CT molecular complexity index is 705. The average Bonchev–Trinajstić information content (AvgIpc) is 2.62. The summed E-state index contributed by atoms with van der Waals surface area (Å²) < 4.78 is 11.3. The van der Waals surface area contributed by atoms with Gasteiger partial charge in [0, 0.05) is 24.8 Å². The van der Waals surface area contributed by atoms with Gasteiger partial charge < -0.3 is 20.1 Å². The number of hydrogen-bond acceptors (Lipinski definition) is 4. The van der Waals surface area contributed by atoms with Gasteiger partial charge in [-0.3, -0.25) is 0 Å². The third kappa shape index (κ3) is 8.47. The van der Waals surface area contributed by atoms with Crippen molar-refractivity contribution in [3.63, 3.8) is 0 Å². The molecule has 2 rings (SSSR count). The minimum atomic E-state index is 0. The second-order valence-corrected chi connectivity index (χ2v) is 6.00. The maximum absolute atomic E-state index is 5.82. The number of pyridine rings is 1. The van der Waals surface area contributed by atoms with Gasteiger partial charge in [0.2, 0.25) is 5.88 Å². The van der Waals surface area contributed by atoms with Gasteiger partial charge in [-0.05, 0) is 63.6 Å². The SMILES string of the molecule is CCNC(=NCc1ccnc(Oc2ccc(OCC)cc2)c1)NC(C)C.I. The van der Waals surface area contributed by atoms with E-state index in [2.05, 4.69) is 34.5 Å². The van der Waals surface area contributed by atoms with Crippen molar-refractivity contribution in [2.75, 3.05) is 13.2 Å². The van der Waals surface area contributed by atoms with Gasteiger partial charge in [-0.15, -0.1) is 24.0 Å². The Kier molecular flexibility index (Phi) is 10.5. The monoisotopic (exact) mass is 484 g/mol. The van der Waals surface area contributed by atoms with E-state index in [9.17, 15) is 0 Å². The van der Waals surface area contributed by atoms with Crippen molar-refractivity contribution in [3.8, 4) is 17.4 Å². The predicted molar refractivity (Wildman–Crippen MR) is 120 cm³/mol. The number of nitrogens with one attached hydrogen (secondary N) is 2. The molecule has 0 bridgehead atoms. The number of ether oxygens (including phenoxy) is 2. The Morgan fingerprint density at radius 2 is 1.81 bits per heavy atom. The molecule has 0 radical (unpaired) electrons. The Balaban J connectivity index is 0.00000364. The van der Waals surface area contributed by atoms with Crippen molar-refractivity contribution in [2.24, 2.45) is 4.99 Å². The van der Waals surface area contributed by atoms with E-state index in [4.69, 9.17) is 9.47 Å². The van der Waals surface area contributed by atoms with Crippen LogP contribution in [0.25, 0.3) is 0 Å². The average molecular weight is 484 g/mol. The van der Waals surface area contributed by atoms with Gasteiger partial charge in [0.05, 0.1) is 13.2 Å². The topological polar surface area (TPSA) is 67.8 Å². The molecule has 0 aliphatic carbocycles. The minimum Gasteiger partial charge on any atom is -0.494 e. The lowest BCUT2D eigenvalue weighted by Gasteiger charge is -2.14. The highest BCUT2D eigenvalue weighted by Gasteiger charge is 2.03. The van der Waals surface area contributed by atoms with Gasteiger partial charge >= 0.3 is 0 Å². The first-order chi connectivity index (χ1) is 12.6. The van der Waals surface area contributed by atoms with Crippen molar-refractivity contribution < 1.29 is 9.47 Å². The highest BCUT2D eigenvalue weighted by molar-refractivity contribution is 14.0. The molecule has 0 aliphatic heterocycles. The molecule has 6 nitrogen and oxygen atoms in total. The zero-order valence-corrected chi connectivity index (χ0v) is 18.7. The van der Waals surface area contributed by atoms with Gasteiger partial charge in [0.1, 0.15) is 11.5 Å². The maximum Gasteiger partial charge on any atom is 0.219 e. The van der Waals surface area contributed by atoms with Crippen LogP contribution in [0.5, 0.6) is 17.4 Å². The van der Waals surface area contributed by atoms with Crippen molar-refractivity contribution in [1.82, 2.24) is 15.6 Å². The lowest BCUT2D eigenvalue weighted by atomic mass is 10.2. The Morgan fingerprint density at radius 3 is 2.44 bits per heavy atom. The molecule has 0 saturated carbocycles. The zero-order chi connectivity index (χ0) is 18.8. The van der Waals surface area contributed by atoms with Gasteiger partial charge in [-0.2, -0.15) is 0 Å².